The second kappa shape index (κ2) is 34.7. The summed E-state index contributed by atoms with van der Waals surface area (Å²) < 4.78 is 23.4. The molecule has 0 spiro atoms. The van der Waals surface area contributed by atoms with E-state index in [1.807, 2.05) is 27.2 Å². The minimum atomic E-state index is -4.33. The van der Waals surface area contributed by atoms with Crippen LogP contribution in [0.25, 0.3) is 0 Å². The Kier molecular flexibility index (Phi) is 34.0. The first-order chi connectivity index (χ1) is 24.5. The number of phosphoric ester groups is 1. The molecule has 0 aromatic rings. The molecule has 3 N–H and O–H groups in total. The molecule has 8 nitrogen and oxygen atoms in total. The van der Waals surface area contributed by atoms with Crippen LogP contribution in [0.1, 0.15) is 187 Å². The average Bonchev–Trinajstić information content (AvgIpc) is 3.07. The van der Waals surface area contributed by atoms with Gasteiger partial charge >= 0.3 is 7.82 Å². The van der Waals surface area contributed by atoms with Gasteiger partial charge in [0.2, 0.25) is 5.91 Å². The summed E-state index contributed by atoms with van der Waals surface area (Å²) in [5.74, 6) is -0.192. The number of amides is 1. The van der Waals surface area contributed by atoms with Gasteiger partial charge in [-0.3, -0.25) is 13.8 Å². The van der Waals surface area contributed by atoms with Crippen LogP contribution >= 0.6 is 7.82 Å². The summed E-state index contributed by atoms with van der Waals surface area (Å²) in [4.78, 5) is 22.9. The third kappa shape index (κ3) is 37.1. The molecule has 0 radical (unpaired) electrons. The third-order valence-electron chi connectivity index (χ3n) is 9.42. The number of nitrogens with one attached hydrogen (secondary N) is 1. The predicted octanol–water partition coefficient (Wildman–Crippen LogP) is 11.4. The van der Waals surface area contributed by atoms with E-state index in [0.29, 0.717) is 17.4 Å². The first-order valence-corrected chi connectivity index (χ1v) is 22.7. The second-order valence-corrected chi connectivity index (χ2v) is 17.2. The first-order valence-electron chi connectivity index (χ1n) is 21.2. The van der Waals surface area contributed by atoms with Crippen LogP contribution in [-0.2, 0) is 18.4 Å². The zero-order valence-corrected chi connectivity index (χ0v) is 35.0. The number of aliphatic hydroxyl groups is 1. The number of rotatable bonds is 38. The molecule has 0 rings (SSSR count). The summed E-state index contributed by atoms with van der Waals surface area (Å²) in [6, 6.07) is -0.856. The maximum Gasteiger partial charge on any atom is 0.472 e. The number of likely N-dealkylation sites (N-methyl/N-ethyl adjacent to an activating group) is 1. The molecule has 0 aromatic heterocycles. The number of hydrogen-bond donors (Lipinski definition) is 3. The van der Waals surface area contributed by atoms with Gasteiger partial charge in [-0.1, -0.05) is 173 Å². The lowest BCUT2D eigenvalue weighted by atomic mass is 10.0. The average molecular weight is 744 g/mol. The highest BCUT2D eigenvalue weighted by atomic mass is 31.2. The summed E-state index contributed by atoms with van der Waals surface area (Å²) in [5.41, 5.74) is 0. The maximum absolute atomic E-state index is 12.7. The highest BCUT2D eigenvalue weighted by Gasteiger charge is 2.27. The molecule has 0 saturated carbocycles. The van der Waals surface area contributed by atoms with Gasteiger partial charge in [0.25, 0.3) is 0 Å². The van der Waals surface area contributed by atoms with E-state index in [0.717, 1.165) is 38.5 Å². The molecule has 9 heteroatoms. The maximum atomic E-state index is 12.7. The minimum Gasteiger partial charge on any atom is -0.387 e. The Morgan fingerprint density at radius 3 is 1.57 bits per heavy atom. The minimum absolute atomic E-state index is 0.0577. The van der Waals surface area contributed by atoms with Crippen LogP contribution in [0.15, 0.2) is 24.3 Å². The van der Waals surface area contributed by atoms with Crippen LogP contribution < -0.4 is 5.32 Å². The number of nitrogens with zero attached hydrogens (tertiary/aromatic N) is 1. The number of quaternary nitrogens is 1. The molecule has 0 aliphatic heterocycles. The van der Waals surface area contributed by atoms with Crippen molar-refractivity contribution in [3.05, 3.63) is 24.3 Å². The zero-order valence-electron chi connectivity index (χ0n) is 34.1. The molecule has 1 amide bonds. The van der Waals surface area contributed by atoms with Gasteiger partial charge in [0.1, 0.15) is 13.2 Å². The molecule has 0 aliphatic carbocycles. The number of hydrogen-bond acceptors (Lipinski definition) is 5. The van der Waals surface area contributed by atoms with Gasteiger partial charge in [0.15, 0.2) is 0 Å². The number of carbonyl (C=O) groups excluding carboxylic acids is 1. The summed E-state index contributed by atoms with van der Waals surface area (Å²) in [6.45, 7) is 4.75. The van der Waals surface area contributed by atoms with E-state index in [1.165, 1.54) is 128 Å². The Bertz CT molecular complexity index is 891. The van der Waals surface area contributed by atoms with E-state index in [-0.39, 0.29) is 19.1 Å². The fourth-order valence-electron chi connectivity index (χ4n) is 6.00. The van der Waals surface area contributed by atoms with Gasteiger partial charge in [0.05, 0.1) is 39.9 Å². The number of aliphatic hydroxyl groups excluding tert-OH is 1. The molecule has 0 bridgehead atoms. The third-order valence-corrected chi connectivity index (χ3v) is 10.4. The molecule has 302 valence electrons. The molecule has 0 aliphatic rings. The van der Waals surface area contributed by atoms with Crippen LogP contribution in [0.5, 0.6) is 0 Å². The Morgan fingerprint density at radius 2 is 1.08 bits per heavy atom. The number of allylic oxidation sites excluding steroid dienone is 3. The monoisotopic (exact) mass is 744 g/mol. The molecule has 3 unspecified atom stereocenters. The molecule has 0 aromatic carbocycles. The molecule has 3 atom stereocenters. The lowest BCUT2D eigenvalue weighted by molar-refractivity contribution is -0.870. The Hall–Kier alpha value is -1.02. The summed E-state index contributed by atoms with van der Waals surface area (Å²) in [7, 11) is 1.56. The van der Waals surface area contributed by atoms with Crippen molar-refractivity contribution in [2.24, 2.45) is 0 Å². The quantitative estimate of drug-likeness (QED) is 0.0252. The van der Waals surface area contributed by atoms with Gasteiger partial charge in [-0.25, -0.2) is 4.57 Å². The molecule has 0 heterocycles. The van der Waals surface area contributed by atoms with Crippen LogP contribution in [0.3, 0.4) is 0 Å². The van der Waals surface area contributed by atoms with Crippen molar-refractivity contribution in [3.8, 4) is 0 Å². The lowest BCUT2D eigenvalue weighted by Gasteiger charge is -2.25. The van der Waals surface area contributed by atoms with Crippen molar-refractivity contribution in [1.29, 1.82) is 0 Å². The van der Waals surface area contributed by atoms with Crippen LogP contribution in [0, 0.1) is 0 Å². The van der Waals surface area contributed by atoms with E-state index in [9.17, 15) is 19.4 Å². The second-order valence-electron chi connectivity index (χ2n) is 15.7. The summed E-state index contributed by atoms with van der Waals surface area (Å²) in [6.07, 6.45) is 39.8. The van der Waals surface area contributed by atoms with Gasteiger partial charge in [-0.15, -0.1) is 0 Å². The normalized spacial score (nSPS) is 14.7. The Balaban J connectivity index is 4.36. The van der Waals surface area contributed by atoms with E-state index in [2.05, 4.69) is 31.3 Å². The molecule has 0 saturated heterocycles. The molecule has 51 heavy (non-hydrogen) atoms. The molecule has 0 fully saturated rings. The van der Waals surface area contributed by atoms with Crippen molar-refractivity contribution >= 4 is 13.7 Å². The van der Waals surface area contributed by atoms with Gasteiger partial charge < -0.3 is 19.8 Å². The van der Waals surface area contributed by atoms with E-state index in [1.54, 1.807) is 6.08 Å². The van der Waals surface area contributed by atoms with Gasteiger partial charge in [-0.2, -0.15) is 0 Å². The molecular formula is C42H84N2O6P+. The Morgan fingerprint density at radius 1 is 0.647 bits per heavy atom. The number of unbranched alkanes of at least 4 members (excludes halogenated alkanes) is 23. The Labute approximate surface area is 315 Å². The van der Waals surface area contributed by atoms with E-state index < -0.39 is 20.0 Å². The van der Waals surface area contributed by atoms with Gasteiger partial charge in [0, 0.05) is 6.42 Å². The largest absolute Gasteiger partial charge is 0.472 e. The van der Waals surface area contributed by atoms with E-state index >= 15 is 0 Å². The summed E-state index contributed by atoms with van der Waals surface area (Å²) in [5, 5.41) is 13.7. The van der Waals surface area contributed by atoms with Crippen molar-refractivity contribution in [2.45, 2.75) is 199 Å². The van der Waals surface area contributed by atoms with Crippen molar-refractivity contribution in [1.82, 2.24) is 5.32 Å². The van der Waals surface area contributed by atoms with Crippen molar-refractivity contribution in [2.75, 3.05) is 40.9 Å². The topological polar surface area (TPSA) is 105 Å². The predicted molar refractivity (Wildman–Crippen MR) is 217 cm³/mol. The van der Waals surface area contributed by atoms with Crippen LogP contribution in [-0.4, -0.2) is 73.4 Å². The first kappa shape index (κ1) is 50.0. The summed E-state index contributed by atoms with van der Waals surface area (Å²) >= 11 is 0. The van der Waals surface area contributed by atoms with Crippen LogP contribution in [0.2, 0.25) is 0 Å². The highest BCUT2D eigenvalue weighted by molar-refractivity contribution is 7.47. The highest BCUT2D eigenvalue weighted by Crippen LogP contribution is 2.43. The van der Waals surface area contributed by atoms with Gasteiger partial charge in [-0.05, 0) is 32.1 Å². The van der Waals surface area contributed by atoms with Crippen LogP contribution in [0.4, 0.5) is 0 Å². The zero-order chi connectivity index (χ0) is 37.9. The SMILES string of the molecule is CCCCCCCCCCCCCCCCC/C=C/CC/C=C/C(O)C(COP(=O)(O)OCC[N+](C)(C)C)NC(=O)CCCCCCCCCC. The fourth-order valence-corrected chi connectivity index (χ4v) is 6.73. The number of phosphoric acid groups is 1. The van der Waals surface area contributed by atoms with Crippen molar-refractivity contribution in [3.63, 3.8) is 0 Å². The number of carbonyl (C=O) groups is 1. The fraction of sp³-hybridized carbons (Fsp3) is 0.881. The van der Waals surface area contributed by atoms with E-state index in [4.69, 9.17) is 9.05 Å². The van der Waals surface area contributed by atoms with Crippen molar-refractivity contribution < 1.29 is 32.9 Å². The molecular weight excluding hydrogens is 659 g/mol. The smallest absolute Gasteiger partial charge is 0.387 e. The standard InChI is InChI=1S/C42H83N2O6P/c1-6-8-10-12-14-16-17-18-19-20-21-22-23-24-25-26-27-28-29-31-33-35-41(45)40(39-50-51(47,48)49-38-37-44(3,4)5)43-42(46)36-34-32-30-15-13-11-9-7-2/h27-28,33,35,40-41,45H,6-26,29-32,34,36-39H2,1-5H3,(H-,43,46,47,48)/p+1/b28-27+,35-33+. The lowest BCUT2D eigenvalue weighted by Crippen LogP contribution is -2.45.